The van der Waals surface area contributed by atoms with Gasteiger partial charge in [-0.05, 0) is 33.9 Å². The van der Waals surface area contributed by atoms with Crippen LogP contribution in [0.4, 0.5) is 18.0 Å². The maximum absolute atomic E-state index is 14.3. The number of rotatable bonds is 5. The van der Waals surface area contributed by atoms with E-state index in [1.165, 1.54) is 18.2 Å². The highest BCUT2D eigenvalue weighted by molar-refractivity contribution is 7.80. The van der Waals surface area contributed by atoms with Gasteiger partial charge in [0, 0.05) is 17.0 Å². The summed E-state index contributed by atoms with van der Waals surface area (Å²) in [6, 6.07) is 16.1. The summed E-state index contributed by atoms with van der Waals surface area (Å²) in [5, 5.41) is 20.8. The number of benzene rings is 3. The summed E-state index contributed by atoms with van der Waals surface area (Å²) in [7, 11) is 0. The lowest BCUT2D eigenvalue weighted by Gasteiger charge is -2.23. The topological polar surface area (TPSA) is 69.6 Å². The van der Waals surface area contributed by atoms with Crippen molar-refractivity contribution in [2.45, 2.75) is 24.2 Å². The van der Waals surface area contributed by atoms with Gasteiger partial charge < -0.3 is 15.5 Å². The molecule has 3 aromatic rings. The number of carboxylic acid groups (broad SMARTS) is 1. The molecule has 4 nitrogen and oxygen atoms in total. The molecule has 1 amide bonds. The third kappa shape index (κ3) is 4.44. The lowest BCUT2D eigenvalue weighted by Crippen LogP contribution is -2.22. The van der Waals surface area contributed by atoms with Crippen molar-refractivity contribution in [2.75, 3.05) is 0 Å². The van der Waals surface area contributed by atoms with Gasteiger partial charge in [-0.25, -0.2) is 4.79 Å². The van der Waals surface area contributed by atoms with Gasteiger partial charge in [0.1, 0.15) is 0 Å². The van der Waals surface area contributed by atoms with Gasteiger partial charge in [-0.2, -0.15) is 13.2 Å². The molecule has 0 spiro atoms. The first-order valence-electron chi connectivity index (χ1n) is 8.91. The summed E-state index contributed by atoms with van der Waals surface area (Å²) >= 11 is 4.24. The Hall–Kier alpha value is -2.97. The first-order valence-corrected chi connectivity index (χ1v) is 9.36. The fourth-order valence-electron chi connectivity index (χ4n) is 3.36. The van der Waals surface area contributed by atoms with Crippen LogP contribution < -0.4 is 5.32 Å². The molecule has 0 fully saturated rings. The molecule has 3 N–H and O–H groups in total. The van der Waals surface area contributed by atoms with E-state index in [1.54, 1.807) is 42.5 Å². The highest BCUT2D eigenvalue weighted by Gasteiger charge is 2.38. The standard InChI is InChI=1S/C22H18F3NO3S/c23-22(24,25)19-18(16-9-5-4-8-14(16)12-27)15(11-26-21(28)29)10-17(20(19)30)13-6-2-1-3-7-13/h1-10,26-27,30H,11-12H2,(H,28,29). The molecular formula is C22H18F3NO3S. The van der Waals surface area contributed by atoms with Crippen LogP contribution in [0.15, 0.2) is 65.6 Å². The Kier molecular flexibility index (Phi) is 6.38. The van der Waals surface area contributed by atoms with E-state index in [0.717, 1.165) is 0 Å². The number of aliphatic hydroxyl groups is 1. The molecule has 0 saturated carbocycles. The van der Waals surface area contributed by atoms with Crippen LogP contribution in [0.5, 0.6) is 0 Å². The van der Waals surface area contributed by atoms with Crippen LogP contribution >= 0.6 is 12.6 Å². The molecule has 8 heteroatoms. The number of halogens is 3. The predicted octanol–water partition coefficient (Wildman–Crippen LogP) is 5.59. The lowest BCUT2D eigenvalue weighted by molar-refractivity contribution is -0.139. The van der Waals surface area contributed by atoms with Crippen molar-refractivity contribution < 1.29 is 28.2 Å². The van der Waals surface area contributed by atoms with E-state index in [0.29, 0.717) is 11.1 Å². The van der Waals surface area contributed by atoms with Gasteiger partial charge in [0.25, 0.3) is 0 Å². The molecule has 0 radical (unpaired) electrons. The zero-order valence-corrected chi connectivity index (χ0v) is 16.5. The molecule has 3 aromatic carbocycles. The Bertz CT molecular complexity index is 1070. The van der Waals surface area contributed by atoms with E-state index < -0.39 is 24.4 Å². The monoisotopic (exact) mass is 433 g/mol. The van der Waals surface area contributed by atoms with Gasteiger partial charge in [-0.15, -0.1) is 12.6 Å². The average Bonchev–Trinajstić information content (AvgIpc) is 2.72. The number of nitrogens with one attached hydrogen (secondary N) is 1. The molecule has 0 bridgehead atoms. The number of hydrogen-bond acceptors (Lipinski definition) is 3. The van der Waals surface area contributed by atoms with Gasteiger partial charge in [0.05, 0.1) is 12.2 Å². The molecule has 0 atom stereocenters. The van der Waals surface area contributed by atoms with Crippen LogP contribution in [0.3, 0.4) is 0 Å². The van der Waals surface area contributed by atoms with Crippen LogP contribution in [0, 0.1) is 0 Å². The third-order valence-electron chi connectivity index (χ3n) is 4.64. The van der Waals surface area contributed by atoms with Gasteiger partial charge in [-0.1, -0.05) is 54.6 Å². The molecule has 0 aliphatic heterocycles. The second-order valence-corrected chi connectivity index (χ2v) is 6.97. The molecule has 30 heavy (non-hydrogen) atoms. The molecule has 0 aliphatic rings. The first-order chi connectivity index (χ1) is 14.2. The number of thiol groups is 1. The minimum atomic E-state index is -4.77. The highest BCUT2D eigenvalue weighted by atomic mass is 32.1. The molecule has 0 aliphatic carbocycles. The zero-order valence-electron chi connectivity index (χ0n) is 15.6. The first kappa shape index (κ1) is 21.7. The third-order valence-corrected chi connectivity index (χ3v) is 5.10. The maximum Gasteiger partial charge on any atom is 0.418 e. The largest absolute Gasteiger partial charge is 0.465 e. The van der Waals surface area contributed by atoms with Gasteiger partial charge in [0.2, 0.25) is 0 Å². The minimum Gasteiger partial charge on any atom is -0.465 e. The number of hydrogen-bond donors (Lipinski definition) is 4. The van der Waals surface area contributed by atoms with Crippen molar-refractivity contribution in [3.63, 3.8) is 0 Å². The van der Waals surface area contributed by atoms with Crippen LogP contribution in [0.1, 0.15) is 16.7 Å². The molecular weight excluding hydrogens is 415 g/mol. The van der Waals surface area contributed by atoms with Crippen molar-refractivity contribution in [3.8, 4) is 22.3 Å². The quantitative estimate of drug-likeness (QED) is 0.397. The molecule has 0 heterocycles. The maximum atomic E-state index is 14.3. The zero-order chi connectivity index (χ0) is 21.9. The summed E-state index contributed by atoms with van der Waals surface area (Å²) in [6.45, 7) is -0.816. The van der Waals surface area contributed by atoms with E-state index in [2.05, 4.69) is 17.9 Å². The van der Waals surface area contributed by atoms with Crippen LogP contribution in [0.2, 0.25) is 0 Å². The molecule has 0 aromatic heterocycles. The predicted molar refractivity (Wildman–Crippen MR) is 110 cm³/mol. The van der Waals surface area contributed by atoms with Gasteiger partial charge in [0.15, 0.2) is 0 Å². The van der Waals surface area contributed by atoms with Crippen LogP contribution in [-0.2, 0) is 19.3 Å². The van der Waals surface area contributed by atoms with E-state index in [-0.39, 0.29) is 33.7 Å². The molecule has 3 rings (SSSR count). The van der Waals surface area contributed by atoms with Crippen molar-refractivity contribution >= 4 is 18.7 Å². The summed E-state index contributed by atoms with van der Waals surface area (Å²) in [4.78, 5) is 10.8. The molecule has 0 unspecified atom stereocenters. The van der Waals surface area contributed by atoms with Crippen molar-refractivity contribution in [1.29, 1.82) is 0 Å². The van der Waals surface area contributed by atoms with Crippen molar-refractivity contribution in [2.24, 2.45) is 0 Å². The Labute approximate surface area is 176 Å². The highest BCUT2D eigenvalue weighted by Crippen LogP contribution is 2.47. The summed E-state index contributed by atoms with van der Waals surface area (Å²) in [6.07, 6.45) is -6.13. The van der Waals surface area contributed by atoms with Crippen LogP contribution in [-0.4, -0.2) is 16.3 Å². The Balaban J connectivity index is 2.41. The normalized spacial score (nSPS) is 11.4. The fraction of sp³-hybridized carbons (Fsp3) is 0.136. The Morgan fingerprint density at radius 2 is 1.60 bits per heavy atom. The lowest BCUT2D eigenvalue weighted by atomic mass is 9.87. The van der Waals surface area contributed by atoms with Crippen LogP contribution in [0.25, 0.3) is 22.3 Å². The second-order valence-electron chi connectivity index (χ2n) is 6.52. The Morgan fingerprint density at radius 3 is 2.20 bits per heavy atom. The van der Waals surface area contributed by atoms with Gasteiger partial charge >= 0.3 is 12.3 Å². The summed E-state index contributed by atoms with van der Waals surface area (Å²) in [5.74, 6) is 0. The van der Waals surface area contributed by atoms with E-state index in [9.17, 15) is 23.1 Å². The summed E-state index contributed by atoms with van der Waals surface area (Å²) < 4.78 is 42.8. The average molecular weight is 433 g/mol. The molecule has 156 valence electrons. The van der Waals surface area contributed by atoms with Crippen molar-refractivity contribution in [3.05, 3.63) is 77.4 Å². The van der Waals surface area contributed by atoms with E-state index >= 15 is 0 Å². The minimum absolute atomic E-state index is 0.127. The number of amides is 1. The number of carbonyl (C=O) groups is 1. The summed E-state index contributed by atoms with van der Waals surface area (Å²) in [5.41, 5.74) is 0.164. The molecule has 0 saturated heterocycles. The number of aliphatic hydroxyl groups excluding tert-OH is 1. The van der Waals surface area contributed by atoms with Crippen molar-refractivity contribution in [1.82, 2.24) is 5.32 Å². The SMILES string of the molecule is O=C(O)NCc1cc(-c2ccccc2)c(S)c(C(F)(F)F)c1-c1ccccc1CO. The van der Waals surface area contributed by atoms with E-state index in [4.69, 9.17) is 5.11 Å². The van der Waals surface area contributed by atoms with E-state index in [1.807, 2.05) is 0 Å². The number of alkyl halides is 3. The second kappa shape index (κ2) is 8.81. The van der Waals surface area contributed by atoms with Gasteiger partial charge in [-0.3, -0.25) is 0 Å². The smallest absolute Gasteiger partial charge is 0.418 e. The fourth-order valence-corrected chi connectivity index (χ4v) is 3.79. The Morgan fingerprint density at radius 1 is 0.967 bits per heavy atom.